The number of carbonyl (C=O) groups is 1. The second kappa shape index (κ2) is 17.2. The van der Waals surface area contributed by atoms with E-state index in [2.05, 4.69) is 48.5 Å². The molecule has 0 bridgehead atoms. The van der Waals surface area contributed by atoms with Gasteiger partial charge in [0.25, 0.3) is 0 Å². The number of aliphatic hydroxyl groups is 2. The van der Waals surface area contributed by atoms with Crippen LogP contribution in [0.25, 0.3) is 0 Å². The fourth-order valence-corrected chi connectivity index (χ4v) is 12.1. The van der Waals surface area contributed by atoms with E-state index in [-0.39, 0.29) is 103 Å². The normalized spacial score (nSPS) is 49.0. The van der Waals surface area contributed by atoms with Gasteiger partial charge in [0, 0.05) is 37.7 Å². The zero-order valence-corrected chi connectivity index (χ0v) is 36.9. The summed E-state index contributed by atoms with van der Waals surface area (Å²) in [6.45, 7) is 19.1. The molecule has 6 aliphatic rings. The van der Waals surface area contributed by atoms with Crippen LogP contribution in [0, 0.1) is 41.4 Å². The molecule has 1 aromatic rings. The SMILES string of the molecule is CO[C@@H]1C[C@@H](C[C@H]2CC[C@H](C)[C@H]([C@@H](C)C(=O)OCc3ccccc3)O2)O[C@]2(O[C@](C)([C@H]3CC[C@@](C)([C@@H]4O[C@@H]([C@H]5O[C@@](O)(CO)[C@H](C)C[C@@H]5C)C[C@@H]4C)O3)C[C@H]2C)[C@@H]1C. The van der Waals surface area contributed by atoms with Crippen LogP contribution in [0.3, 0.4) is 0 Å². The number of methoxy groups -OCH3 is 1. The standard InChI is InChI=1S/C47H74O11/c1-27-16-17-35(53-40(27)32(6)43(49)52-25-34-14-12-11-13-15-34)22-36-23-37(51-10)33(7)47(55-36)31(5)24-45(9,58-47)39-18-19-44(8,56-39)42-29(3)21-38(54-42)41-28(2)20-30(4)46(50,26-48)57-41/h11-15,27-33,35-42,48,50H,16-26H2,1-10H3/t27-,28-,29-,30+,31+,32+,33+,35+,36+,37+,38+,39+,40+,41-,42+,44-,45-,46-,47+/m0/s1. The van der Waals surface area contributed by atoms with E-state index in [0.717, 1.165) is 56.9 Å². The Morgan fingerprint density at radius 2 is 1.60 bits per heavy atom. The van der Waals surface area contributed by atoms with Crippen molar-refractivity contribution in [3.63, 3.8) is 0 Å². The van der Waals surface area contributed by atoms with Crippen LogP contribution in [-0.2, 0) is 49.3 Å². The molecule has 0 unspecified atom stereocenters. The lowest BCUT2D eigenvalue weighted by atomic mass is 9.78. The van der Waals surface area contributed by atoms with Crippen LogP contribution in [0.1, 0.15) is 126 Å². The smallest absolute Gasteiger partial charge is 0.311 e. The van der Waals surface area contributed by atoms with Crippen molar-refractivity contribution >= 4 is 5.97 Å². The number of hydrogen-bond acceptors (Lipinski definition) is 11. The zero-order valence-electron chi connectivity index (χ0n) is 36.9. The summed E-state index contributed by atoms with van der Waals surface area (Å²) >= 11 is 0. The summed E-state index contributed by atoms with van der Waals surface area (Å²) in [6, 6.07) is 9.78. The average Bonchev–Trinajstić information content (AvgIpc) is 3.88. The molecule has 58 heavy (non-hydrogen) atoms. The van der Waals surface area contributed by atoms with Gasteiger partial charge in [-0.25, -0.2) is 0 Å². The van der Waals surface area contributed by atoms with Crippen molar-refractivity contribution in [2.24, 2.45) is 41.4 Å². The van der Waals surface area contributed by atoms with Gasteiger partial charge in [-0.15, -0.1) is 0 Å². The first-order chi connectivity index (χ1) is 27.4. The highest BCUT2D eigenvalue weighted by Gasteiger charge is 2.65. The van der Waals surface area contributed by atoms with E-state index >= 15 is 0 Å². The molecular formula is C47H74O11. The van der Waals surface area contributed by atoms with Gasteiger partial charge in [-0.05, 0) is 89.0 Å². The monoisotopic (exact) mass is 815 g/mol. The molecule has 6 aliphatic heterocycles. The molecule has 19 atom stereocenters. The van der Waals surface area contributed by atoms with Crippen molar-refractivity contribution in [3.05, 3.63) is 35.9 Å². The van der Waals surface area contributed by atoms with Crippen LogP contribution in [0.5, 0.6) is 0 Å². The van der Waals surface area contributed by atoms with Gasteiger partial charge in [-0.1, -0.05) is 71.9 Å². The first kappa shape index (κ1) is 44.4. The van der Waals surface area contributed by atoms with Gasteiger partial charge in [0.05, 0.1) is 72.6 Å². The summed E-state index contributed by atoms with van der Waals surface area (Å²) in [7, 11) is 1.79. The third-order valence-corrected chi connectivity index (χ3v) is 15.6. The zero-order chi connectivity index (χ0) is 41.8. The lowest BCUT2D eigenvalue weighted by Gasteiger charge is -2.50. The lowest BCUT2D eigenvalue weighted by molar-refractivity contribution is -0.353. The molecule has 0 amide bonds. The minimum atomic E-state index is -1.55. The van der Waals surface area contributed by atoms with Gasteiger partial charge in [0.2, 0.25) is 0 Å². The molecule has 1 spiro atoms. The minimum absolute atomic E-state index is 0.00507. The molecule has 0 radical (unpaired) electrons. The number of benzene rings is 1. The Kier molecular flexibility index (Phi) is 13.2. The van der Waals surface area contributed by atoms with Gasteiger partial charge in [0.15, 0.2) is 11.6 Å². The summed E-state index contributed by atoms with van der Waals surface area (Å²) < 4.78 is 53.4. The molecular weight excluding hydrogens is 741 g/mol. The molecule has 0 aromatic heterocycles. The first-order valence-electron chi connectivity index (χ1n) is 22.5. The van der Waals surface area contributed by atoms with Crippen molar-refractivity contribution in [1.82, 2.24) is 0 Å². The van der Waals surface area contributed by atoms with E-state index in [1.807, 2.05) is 44.2 Å². The van der Waals surface area contributed by atoms with Crippen molar-refractivity contribution in [2.75, 3.05) is 13.7 Å². The highest BCUT2D eigenvalue weighted by atomic mass is 16.7. The molecule has 7 rings (SSSR count). The van der Waals surface area contributed by atoms with Gasteiger partial charge >= 0.3 is 5.97 Å². The van der Waals surface area contributed by atoms with E-state index in [4.69, 9.17) is 37.9 Å². The highest BCUT2D eigenvalue weighted by Crippen LogP contribution is 2.57. The fourth-order valence-electron chi connectivity index (χ4n) is 12.1. The maximum Gasteiger partial charge on any atom is 0.311 e. The molecule has 6 saturated heterocycles. The van der Waals surface area contributed by atoms with Gasteiger partial charge in [-0.3, -0.25) is 4.79 Å². The Morgan fingerprint density at radius 1 is 0.862 bits per heavy atom. The third-order valence-electron chi connectivity index (χ3n) is 15.6. The van der Waals surface area contributed by atoms with Crippen LogP contribution in [0.15, 0.2) is 30.3 Å². The molecule has 1 aromatic carbocycles. The Hall–Kier alpha value is -1.67. The summed E-state index contributed by atoms with van der Waals surface area (Å²) in [5.74, 6) is -2.44. The number of hydrogen-bond donors (Lipinski definition) is 2. The van der Waals surface area contributed by atoms with Crippen molar-refractivity contribution in [1.29, 1.82) is 0 Å². The van der Waals surface area contributed by atoms with Crippen molar-refractivity contribution in [2.45, 2.75) is 198 Å². The van der Waals surface area contributed by atoms with Crippen molar-refractivity contribution in [3.8, 4) is 0 Å². The van der Waals surface area contributed by atoms with E-state index in [1.165, 1.54) is 0 Å². The Morgan fingerprint density at radius 3 is 2.31 bits per heavy atom. The summed E-state index contributed by atoms with van der Waals surface area (Å²) in [4.78, 5) is 13.2. The number of esters is 1. The fraction of sp³-hybridized carbons (Fsp3) is 0.851. The Labute approximate surface area is 347 Å². The van der Waals surface area contributed by atoms with Gasteiger partial charge in [-0.2, -0.15) is 0 Å². The van der Waals surface area contributed by atoms with Crippen molar-refractivity contribution < 1.29 is 52.9 Å². The molecule has 0 aliphatic carbocycles. The van der Waals surface area contributed by atoms with Gasteiger partial charge < -0.3 is 48.1 Å². The summed E-state index contributed by atoms with van der Waals surface area (Å²) in [5, 5.41) is 21.0. The molecule has 6 heterocycles. The van der Waals surface area contributed by atoms with Crippen LogP contribution in [-0.4, -0.2) is 102 Å². The van der Waals surface area contributed by atoms with Gasteiger partial charge in [0.1, 0.15) is 6.61 Å². The summed E-state index contributed by atoms with van der Waals surface area (Å²) in [6.07, 6.45) is 6.10. The third kappa shape index (κ3) is 8.44. The summed E-state index contributed by atoms with van der Waals surface area (Å²) in [5.41, 5.74) is -0.132. The quantitative estimate of drug-likeness (QED) is 0.217. The molecule has 11 heteroatoms. The first-order valence-corrected chi connectivity index (χ1v) is 22.5. The molecule has 11 nitrogen and oxygen atoms in total. The maximum atomic E-state index is 13.2. The number of rotatable bonds is 11. The van der Waals surface area contributed by atoms with Crippen LogP contribution in [0.2, 0.25) is 0 Å². The van der Waals surface area contributed by atoms with E-state index in [9.17, 15) is 15.0 Å². The number of aliphatic hydroxyl groups excluding tert-OH is 1. The maximum absolute atomic E-state index is 13.2. The van der Waals surface area contributed by atoms with Crippen LogP contribution in [0.4, 0.5) is 0 Å². The molecule has 0 saturated carbocycles. The molecule has 6 fully saturated rings. The van der Waals surface area contributed by atoms with E-state index < -0.39 is 29.4 Å². The highest BCUT2D eigenvalue weighted by molar-refractivity contribution is 5.72. The molecule has 328 valence electrons. The van der Waals surface area contributed by atoms with E-state index in [0.29, 0.717) is 6.42 Å². The Balaban J connectivity index is 0.993. The van der Waals surface area contributed by atoms with E-state index in [1.54, 1.807) is 7.11 Å². The minimum Gasteiger partial charge on any atom is -0.461 e. The average molecular weight is 815 g/mol. The predicted molar refractivity (Wildman–Crippen MR) is 217 cm³/mol. The molecule has 2 N–H and O–H groups in total. The lowest BCUT2D eigenvalue weighted by Crippen LogP contribution is -2.58. The predicted octanol–water partition coefficient (Wildman–Crippen LogP) is 7.36. The van der Waals surface area contributed by atoms with Crippen LogP contribution < -0.4 is 0 Å². The topological polar surface area (TPSA) is 131 Å². The second-order valence-corrected chi connectivity index (χ2v) is 20.1. The number of ether oxygens (including phenoxy) is 8. The van der Waals surface area contributed by atoms with Crippen LogP contribution >= 0.6 is 0 Å². The largest absolute Gasteiger partial charge is 0.461 e. The number of carbonyl (C=O) groups excluding carboxylic acids is 1. The second-order valence-electron chi connectivity index (χ2n) is 20.1. The Bertz CT molecular complexity index is 1550.